The molecule has 29 heavy (non-hydrogen) atoms. The molecule has 1 heterocycles. The number of hydrogen-bond acceptors (Lipinski definition) is 5. The molecule has 2 N–H and O–H groups in total. The lowest BCUT2D eigenvalue weighted by molar-refractivity contribution is -0.153. The van der Waals surface area contributed by atoms with Gasteiger partial charge in [-0.05, 0) is 31.2 Å². The molecule has 1 amide bonds. The van der Waals surface area contributed by atoms with Crippen molar-refractivity contribution in [2.45, 2.75) is 25.9 Å². The topological polar surface area (TPSA) is 101 Å². The number of esters is 1. The number of benzene rings is 2. The molecule has 0 fully saturated rings. The third kappa shape index (κ3) is 5.13. The molecule has 0 aliphatic rings. The van der Waals surface area contributed by atoms with Crippen LogP contribution in [-0.2, 0) is 20.7 Å². The maximum atomic E-state index is 12.2. The van der Waals surface area contributed by atoms with Crippen molar-refractivity contribution in [3.63, 3.8) is 0 Å². The second-order valence-corrected chi connectivity index (χ2v) is 7.04. The van der Waals surface area contributed by atoms with Gasteiger partial charge in [0, 0.05) is 6.42 Å². The number of amides is 1. The first kappa shape index (κ1) is 20.8. The Bertz CT molecular complexity index is 1130. The quantitative estimate of drug-likeness (QED) is 0.576. The van der Waals surface area contributed by atoms with Crippen molar-refractivity contribution >= 4 is 51.8 Å². The van der Waals surface area contributed by atoms with E-state index < -0.39 is 18.0 Å². The molecule has 3 aromatic rings. The number of H-pyrrole nitrogens is 1. The van der Waals surface area contributed by atoms with E-state index in [1.54, 1.807) is 42.5 Å². The molecule has 0 bridgehead atoms. The number of ether oxygens (including phenoxy) is 1. The summed E-state index contributed by atoms with van der Waals surface area (Å²) in [6.45, 7) is 1.44. The molecule has 2 aromatic carbocycles. The van der Waals surface area contributed by atoms with Crippen LogP contribution in [0.2, 0.25) is 10.0 Å². The van der Waals surface area contributed by atoms with Gasteiger partial charge >= 0.3 is 5.97 Å². The maximum absolute atomic E-state index is 12.2. The van der Waals surface area contributed by atoms with Crippen molar-refractivity contribution in [1.82, 2.24) is 9.97 Å². The molecule has 0 unspecified atom stereocenters. The Balaban J connectivity index is 1.57. The third-order valence-corrected chi connectivity index (χ3v) is 4.94. The van der Waals surface area contributed by atoms with Crippen molar-refractivity contribution in [2.75, 3.05) is 5.32 Å². The summed E-state index contributed by atoms with van der Waals surface area (Å²) in [7, 11) is 0. The predicted octanol–water partition coefficient (Wildman–Crippen LogP) is 3.73. The lowest BCUT2D eigenvalue weighted by Gasteiger charge is -2.14. The largest absolute Gasteiger partial charge is 0.453 e. The van der Waals surface area contributed by atoms with Gasteiger partial charge in [0.2, 0.25) is 0 Å². The van der Waals surface area contributed by atoms with Gasteiger partial charge in [-0.15, -0.1) is 0 Å². The number of hydrogen-bond donors (Lipinski definition) is 2. The van der Waals surface area contributed by atoms with Gasteiger partial charge < -0.3 is 15.0 Å². The highest BCUT2D eigenvalue weighted by atomic mass is 35.5. The second-order valence-electron chi connectivity index (χ2n) is 6.25. The van der Waals surface area contributed by atoms with Crippen LogP contribution in [0.4, 0.5) is 5.69 Å². The number of para-hydroxylation sites is 2. The monoisotopic (exact) mass is 433 g/mol. The van der Waals surface area contributed by atoms with Crippen LogP contribution in [-0.4, -0.2) is 27.9 Å². The molecule has 0 radical (unpaired) electrons. The molecule has 7 nitrogen and oxygen atoms in total. The molecule has 3 rings (SSSR count). The fraction of sp³-hybridized carbons (Fsp3) is 0.200. The Labute approximate surface area is 176 Å². The van der Waals surface area contributed by atoms with Gasteiger partial charge in [0.1, 0.15) is 5.69 Å². The minimum absolute atomic E-state index is 0.0907. The smallest absolute Gasteiger partial charge is 0.306 e. The van der Waals surface area contributed by atoms with Gasteiger partial charge in [-0.1, -0.05) is 41.4 Å². The zero-order valence-electron chi connectivity index (χ0n) is 15.4. The molecule has 0 saturated carbocycles. The van der Waals surface area contributed by atoms with E-state index in [0.29, 0.717) is 21.7 Å². The van der Waals surface area contributed by atoms with Crippen LogP contribution in [0, 0.1) is 0 Å². The second kappa shape index (κ2) is 9.07. The molecular weight excluding hydrogens is 417 g/mol. The number of carbonyl (C=O) groups is 2. The number of nitrogens with zero attached hydrogens (tertiary/aromatic N) is 1. The zero-order valence-corrected chi connectivity index (χ0v) is 16.9. The summed E-state index contributed by atoms with van der Waals surface area (Å²) in [6, 6.07) is 11.9. The maximum Gasteiger partial charge on any atom is 0.306 e. The Morgan fingerprint density at radius 3 is 2.72 bits per heavy atom. The molecule has 1 atom stereocenters. The Hall–Kier alpha value is -2.90. The van der Waals surface area contributed by atoms with E-state index in [0.717, 1.165) is 0 Å². The fourth-order valence-corrected chi connectivity index (χ4v) is 2.95. The third-order valence-electron chi connectivity index (χ3n) is 4.12. The van der Waals surface area contributed by atoms with Crippen molar-refractivity contribution in [3.8, 4) is 0 Å². The van der Waals surface area contributed by atoms with E-state index in [4.69, 9.17) is 27.9 Å². The van der Waals surface area contributed by atoms with Crippen molar-refractivity contribution in [1.29, 1.82) is 0 Å². The number of carbonyl (C=O) groups excluding carboxylic acids is 2. The average Bonchev–Trinajstić information content (AvgIpc) is 2.69. The average molecular weight is 434 g/mol. The number of aryl methyl sites for hydroxylation is 1. The number of nitrogens with one attached hydrogen (secondary N) is 2. The molecule has 9 heteroatoms. The van der Waals surface area contributed by atoms with E-state index in [2.05, 4.69) is 15.3 Å². The SMILES string of the molecule is C[C@@H](OC(=O)CCc1nc2ccccc2[nH]c1=O)C(=O)Nc1cccc(Cl)c1Cl. The summed E-state index contributed by atoms with van der Waals surface area (Å²) < 4.78 is 5.14. The molecule has 1 aromatic heterocycles. The highest BCUT2D eigenvalue weighted by molar-refractivity contribution is 6.44. The lowest BCUT2D eigenvalue weighted by atomic mass is 10.2. The highest BCUT2D eigenvalue weighted by Gasteiger charge is 2.19. The van der Waals surface area contributed by atoms with Crippen molar-refractivity contribution in [2.24, 2.45) is 0 Å². The van der Waals surface area contributed by atoms with Gasteiger partial charge in [0.15, 0.2) is 6.10 Å². The number of aromatic amines is 1. The van der Waals surface area contributed by atoms with Crippen LogP contribution in [0.5, 0.6) is 0 Å². The lowest BCUT2D eigenvalue weighted by Crippen LogP contribution is -2.30. The Morgan fingerprint density at radius 2 is 1.93 bits per heavy atom. The van der Waals surface area contributed by atoms with Crippen LogP contribution >= 0.6 is 23.2 Å². The van der Waals surface area contributed by atoms with Crippen molar-refractivity contribution in [3.05, 3.63) is 68.6 Å². The van der Waals surface area contributed by atoms with Crippen LogP contribution < -0.4 is 10.9 Å². The minimum Gasteiger partial charge on any atom is -0.453 e. The number of rotatable bonds is 6. The fourth-order valence-electron chi connectivity index (χ4n) is 2.60. The van der Waals surface area contributed by atoms with Gasteiger partial charge in [-0.3, -0.25) is 14.4 Å². The van der Waals surface area contributed by atoms with E-state index in [1.807, 2.05) is 0 Å². The molecule has 0 aliphatic carbocycles. The standard InChI is InChI=1S/C20H17Cl2N3O4/c1-11(19(27)25-15-8-4-5-12(21)18(15)22)29-17(26)10-9-16-20(28)24-14-7-3-2-6-13(14)23-16/h2-8,11H,9-10H2,1H3,(H,24,28)(H,25,27)/t11-/m1/s1. The summed E-state index contributed by atoms with van der Waals surface area (Å²) in [6.07, 6.45) is -1.06. The summed E-state index contributed by atoms with van der Waals surface area (Å²) in [4.78, 5) is 43.4. The molecule has 0 aliphatic heterocycles. The molecule has 150 valence electrons. The highest BCUT2D eigenvalue weighted by Crippen LogP contribution is 2.29. The summed E-state index contributed by atoms with van der Waals surface area (Å²) >= 11 is 11.9. The first-order valence-corrected chi connectivity index (χ1v) is 9.53. The minimum atomic E-state index is -1.06. The van der Waals surface area contributed by atoms with Crippen LogP contribution in [0.15, 0.2) is 47.3 Å². The van der Waals surface area contributed by atoms with E-state index in [-0.39, 0.29) is 29.1 Å². The van der Waals surface area contributed by atoms with Gasteiger partial charge in [-0.25, -0.2) is 4.98 Å². The predicted molar refractivity (Wildman–Crippen MR) is 111 cm³/mol. The number of anilines is 1. The first-order valence-electron chi connectivity index (χ1n) is 8.77. The van der Waals surface area contributed by atoms with E-state index in [9.17, 15) is 14.4 Å². The van der Waals surface area contributed by atoms with Gasteiger partial charge in [-0.2, -0.15) is 0 Å². The summed E-state index contributed by atoms with van der Waals surface area (Å²) in [5.41, 5.74) is 1.43. The molecule has 0 saturated heterocycles. The van der Waals surface area contributed by atoms with Crippen LogP contribution in [0.1, 0.15) is 19.0 Å². The molecule has 0 spiro atoms. The summed E-state index contributed by atoms with van der Waals surface area (Å²) in [5, 5.41) is 3.05. The van der Waals surface area contributed by atoms with Crippen LogP contribution in [0.3, 0.4) is 0 Å². The first-order chi connectivity index (χ1) is 13.8. The number of halogens is 2. The zero-order chi connectivity index (χ0) is 21.0. The Morgan fingerprint density at radius 1 is 1.17 bits per heavy atom. The summed E-state index contributed by atoms with van der Waals surface area (Å²) in [5.74, 6) is -1.18. The van der Waals surface area contributed by atoms with Crippen LogP contribution in [0.25, 0.3) is 11.0 Å². The molecular formula is C20H17Cl2N3O4. The van der Waals surface area contributed by atoms with E-state index in [1.165, 1.54) is 6.92 Å². The van der Waals surface area contributed by atoms with E-state index >= 15 is 0 Å². The normalized spacial score (nSPS) is 11.8. The van der Waals surface area contributed by atoms with Gasteiger partial charge in [0.05, 0.1) is 33.2 Å². The van der Waals surface area contributed by atoms with Gasteiger partial charge in [0.25, 0.3) is 11.5 Å². The Kier molecular flexibility index (Phi) is 6.51. The van der Waals surface area contributed by atoms with Crippen molar-refractivity contribution < 1.29 is 14.3 Å². The number of fused-ring (bicyclic) bond motifs is 1. The number of aromatic nitrogens is 2.